The molecule has 4 rings (SSSR count). The first-order chi connectivity index (χ1) is 16.8. The first-order valence-electron chi connectivity index (χ1n) is 10.5. The predicted octanol–water partition coefficient (Wildman–Crippen LogP) is 6.24. The number of carbonyl (C=O) groups excluding carboxylic acids is 1. The Bertz CT molecular complexity index is 1340. The zero-order chi connectivity index (χ0) is 25.0. The van der Waals surface area contributed by atoms with Crippen LogP contribution in [0.15, 0.2) is 72.9 Å². The van der Waals surface area contributed by atoms with E-state index in [1.54, 1.807) is 62.9 Å². The Kier molecular flexibility index (Phi) is 6.77. The summed E-state index contributed by atoms with van der Waals surface area (Å²) in [7, 11) is 3.10. The third kappa shape index (κ3) is 5.63. The molecule has 3 aromatic carbocycles. The molecular weight excluding hydrogens is 461 g/mol. The van der Waals surface area contributed by atoms with Crippen molar-refractivity contribution in [1.82, 2.24) is 4.98 Å². The van der Waals surface area contributed by atoms with E-state index in [2.05, 4.69) is 10.3 Å². The second kappa shape index (κ2) is 9.92. The lowest BCUT2D eigenvalue weighted by Crippen LogP contribution is -2.14. The summed E-state index contributed by atoms with van der Waals surface area (Å²) in [6.45, 7) is 0. The smallest absolute Gasteiger partial charge is 0.416 e. The number of anilines is 1. The van der Waals surface area contributed by atoms with E-state index in [9.17, 15) is 18.0 Å². The van der Waals surface area contributed by atoms with Crippen LogP contribution in [0.2, 0.25) is 0 Å². The molecule has 0 saturated carbocycles. The van der Waals surface area contributed by atoms with Gasteiger partial charge in [0, 0.05) is 23.3 Å². The minimum Gasteiger partial charge on any atom is -0.493 e. The molecule has 0 bridgehead atoms. The molecule has 1 N–H and O–H groups in total. The number of nitrogens with zero attached hydrogens (tertiary/aromatic N) is 1. The van der Waals surface area contributed by atoms with Crippen molar-refractivity contribution in [1.29, 1.82) is 0 Å². The molecule has 0 radical (unpaired) electrons. The zero-order valence-corrected chi connectivity index (χ0v) is 18.8. The maximum Gasteiger partial charge on any atom is 0.416 e. The molecule has 0 spiro atoms. The van der Waals surface area contributed by atoms with Crippen molar-refractivity contribution in [3.05, 3.63) is 84.1 Å². The Balaban J connectivity index is 1.43. The highest BCUT2D eigenvalue weighted by Gasteiger charge is 2.30. The maximum atomic E-state index is 12.7. The van der Waals surface area contributed by atoms with Gasteiger partial charge in [-0.25, -0.2) is 0 Å². The molecule has 35 heavy (non-hydrogen) atoms. The monoisotopic (exact) mass is 482 g/mol. The van der Waals surface area contributed by atoms with Gasteiger partial charge < -0.3 is 19.5 Å². The van der Waals surface area contributed by atoms with Crippen molar-refractivity contribution in [2.24, 2.45) is 0 Å². The molecular formula is C26H21F3N2O4. The molecule has 1 heterocycles. The van der Waals surface area contributed by atoms with Crippen LogP contribution >= 0.6 is 0 Å². The summed E-state index contributed by atoms with van der Waals surface area (Å²) in [4.78, 5) is 16.7. The van der Waals surface area contributed by atoms with Gasteiger partial charge in [0.25, 0.3) is 0 Å². The molecule has 9 heteroatoms. The van der Waals surface area contributed by atoms with E-state index in [1.807, 2.05) is 0 Å². The number of methoxy groups -OCH3 is 2. The van der Waals surface area contributed by atoms with Crippen LogP contribution in [0.25, 0.3) is 10.9 Å². The minimum absolute atomic E-state index is 0.0509. The number of amides is 1. The molecule has 4 aromatic rings. The summed E-state index contributed by atoms with van der Waals surface area (Å²) in [5.41, 5.74) is 0.927. The van der Waals surface area contributed by atoms with Crippen LogP contribution in [-0.2, 0) is 17.4 Å². The third-order valence-corrected chi connectivity index (χ3v) is 5.22. The van der Waals surface area contributed by atoms with Crippen molar-refractivity contribution in [2.45, 2.75) is 12.6 Å². The van der Waals surface area contributed by atoms with Crippen molar-refractivity contribution in [2.75, 3.05) is 19.5 Å². The van der Waals surface area contributed by atoms with Gasteiger partial charge >= 0.3 is 6.18 Å². The Hall–Kier alpha value is -4.27. The number of ether oxygens (including phenoxy) is 3. The fraction of sp³-hybridized carbons (Fsp3) is 0.154. The Morgan fingerprint density at radius 3 is 2.17 bits per heavy atom. The van der Waals surface area contributed by atoms with Crippen LogP contribution in [0, 0.1) is 0 Å². The standard InChI is InChI=1S/C26H21F3N2O4/c1-33-23-14-20-21(15-24(23)34-2)30-12-11-22(20)35-19-9-7-18(8-10-19)31-25(32)13-16-3-5-17(6-4-16)26(27,28)29/h3-12,14-15H,13H2,1-2H3,(H,31,32). The first-order valence-corrected chi connectivity index (χ1v) is 10.5. The zero-order valence-electron chi connectivity index (χ0n) is 18.8. The molecule has 0 aliphatic carbocycles. The average molecular weight is 482 g/mol. The van der Waals surface area contributed by atoms with Crippen LogP contribution in [0.1, 0.15) is 11.1 Å². The largest absolute Gasteiger partial charge is 0.493 e. The average Bonchev–Trinajstić information content (AvgIpc) is 2.84. The summed E-state index contributed by atoms with van der Waals surface area (Å²) >= 11 is 0. The van der Waals surface area contributed by atoms with Crippen LogP contribution in [0.5, 0.6) is 23.0 Å². The quantitative estimate of drug-likeness (QED) is 0.338. The third-order valence-electron chi connectivity index (χ3n) is 5.22. The number of fused-ring (bicyclic) bond motifs is 1. The lowest BCUT2D eigenvalue weighted by molar-refractivity contribution is -0.137. The van der Waals surface area contributed by atoms with Crippen LogP contribution in [0.3, 0.4) is 0 Å². The number of aromatic nitrogens is 1. The summed E-state index contributed by atoms with van der Waals surface area (Å²) < 4.78 is 54.7. The van der Waals surface area contributed by atoms with Gasteiger partial charge in [-0.2, -0.15) is 13.2 Å². The molecule has 0 aliphatic rings. The molecule has 0 atom stereocenters. The van der Waals surface area contributed by atoms with E-state index in [0.717, 1.165) is 17.5 Å². The van der Waals surface area contributed by atoms with Gasteiger partial charge in [-0.05, 0) is 54.1 Å². The molecule has 0 unspecified atom stereocenters. The van der Waals surface area contributed by atoms with Crippen molar-refractivity contribution >= 4 is 22.5 Å². The number of halogens is 3. The van der Waals surface area contributed by atoms with Gasteiger partial charge in [0.05, 0.1) is 31.7 Å². The fourth-order valence-corrected chi connectivity index (χ4v) is 3.47. The number of benzene rings is 3. The van der Waals surface area contributed by atoms with E-state index < -0.39 is 11.7 Å². The van der Waals surface area contributed by atoms with Crippen LogP contribution in [0.4, 0.5) is 18.9 Å². The molecule has 0 fully saturated rings. The van der Waals surface area contributed by atoms with E-state index in [-0.39, 0.29) is 12.3 Å². The second-order valence-electron chi connectivity index (χ2n) is 7.58. The summed E-state index contributed by atoms with van der Waals surface area (Å²) in [5, 5.41) is 3.46. The molecule has 1 aromatic heterocycles. The number of carbonyl (C=O) groups is 1. The van der Waals surface area contributed by atoms with Crippen LogP contribution < -0.4 is 19.5 Å². The second-order valence-corrected chi connectivity index (χ2v) is 7.58. The summed E-state index contributed by atoms with van der Waals surface area (Å²) in [5.74, 6) is 1.85. The Labute approximate surface area is 199 Å². The maximum absolute atomic E-state index is 12.7. The van der Waals surface area contributed by atoms with Gasteiger partial charge in [-0.15, -0.1) is 0 Å². The number of alkyl halides is 3. The highest BCUT2D eigenvalue weighted by molar-refractivity contribution is 5.92. The topological polar surface area (TPSA) is 69.7 Å². The Morgan fingerprint density at radius 2 is 1.54 bits per heavy atom. The normalized spacial score (nSPS) is 11.2. The van der Waals surface area contributed by atoms with Gasteiger partial charge in [-0.1, -0.05) is 12.1 Å². The first kappa shape index (κ1) is 23.9. The van der Waals surface area contributed by atoms with Gasteiger partial charge in [0.2, 0.25) is 5.91 Å². The van der Waals surface area contributed by atoms with Crippen molar-refractivity contribution < 1.29 is 32.2 Å². The summed E-state index contributed by atoms with van der Waals surface area (Å²) in [6, 6.07) is 16.5. The highest BCUT2D eigenvalue weighted by atomic mass is 19.4. The number of hydrogen-bond donors (Lipinski definition) is 1. The number of pyridine rings is 1. The molecule has 1 amide bonds. The van der Waals surface area contributed by atoms with Gasteiger partial charge in [-0.3, -0.25) is 9.78 Å². The van der Waals surface area contributed by atoms with Crippen LogP contribution in [-0.4, -0.2) is 25.1 Å². The van der Waals surface area contributed by atoms with Gasteiger partial charge in [0.15, 0.2) is 11.5 Å². The van der Waals surface area contributed by atoms with E-state index in [0.29, 0.717) is 39.8 Å². The van der Waals surface area contributed by atoms with Crippen molar-refractivity contribution in [3.8, 4) is 23.0 Å². The number of nitrogens with one attached hydrogen (secondary N) is 1. The SMILES string of the molecule is COc1cc2nccc(Oc3ccc(NC(=O)Cc4ccc(C(F)(F)F)cc4)cc3)c2cc1OC. The number of hydrogen-bond acceptors (Lipinski definition) is 5. The van der Waals surface area contributed by atoms with E-state index >= 15 is 0 Å². The molecule has 6 nitrogen and oxygen atoms in total. The molecule has 0 aliphatic heterocycles. The number of rotatable bonds is 7. The highest BCUT2D eigenvalue weighted by Crippen LogP contribution is 2.37. The van der Waals surface area contributed by atoms with E-state index in [4.69, 9.17) is 14.2 Å². The van der Waals surface area contributed by atoms with Gasteiger partial charge in [0.1, 0.15) is 11.5 Å². The summed E-state index contributed by atoms with van der Waals surface area (Å²) in [6.07, 6.45) is -2.84. The Morgan fingerprint density at radius 1 is 0.886 bits per heavy atom. The van der Waals surface area contributed by atoms with E-state index in [1.165, 1.54) is 12.1 Å². The minimum atomic E-state index is -4.41. The lowest BCUT2D eigenvalue weighted by Gasteiger charge is -2.13. The fourth-order valence-electron chi connectivity index (χ4n) is 3.47. The lowest BCUT2D eigenvalue weighted by atomic mass is 10.1. The predicted molar refractivity (Wildman–Crippen MR) is 125 cm³/mol. The molecule has 180 valence electrons. The molecule has 0 saturated heterocycles. The van der Waals surface area contributed by atoms with Crippen molar-refractivity contribution in [3.63, 3.8) is 0 Å².